The molecule has 0 radical (unpaired) electrons. The summed E-state index contributed by atoms with van der Waals surface area (Å²) in [4.78, 5) is 10.6. The van der Waals surface area contributed by atoms with Gasteiger partial charge in [0.05, 0.1) is 18.1 Å². The van der Waals surface area contributed by atoms with Gasteiger partial charge in [-0.3, -0.25) is 4.79 Å². The van der Waals surface area contributed by atoms with Gasteiger partial charge in [-0.2, -0.15) is 13.2 Å². The van der Waals surface area contributed by atoms with Crippen LogP contribution in [0.1, 0.15) is 12.0 Å². The van der Waals surface area contributed by atoms with Gasteiger partial charge in [0.15, 0.2) is 0 Å². The van der Waals surface area contributed by atoms with Crippen molar-refractivity contribution in [1.82, 2.24) is 0 Å². The summed E-state index contributed by atoms with van der Waals surface area (Å²) in [7, 11) is 0. The van der Waals surface area contributed by atoms with Crippen LogP contribution >= 0.6 is 11.8 Å². The van der Waals surface area contributed by atoms with E-state index in [0.717, 1.165) is 23.9 Å². The molecule has 1 atom stereocenters. The van der Waals surface area contributed by atoms with Crippen LogP contribution in [-0.4, -0.2) is 28.0 Å². The summed E-state index contributed by atoms with van der Waals surface area (Å²) in [5, 5.41) is 17.7. The lowest BCUT2D eigenvalue weighted by Crippen LogP contribution is -2.15. The van der Waals surface area contributed by atoms with Crippen LogP contribution < -0.4 is 0 Å². The molecule has 1 aromatic rings. The molecule has 0 aromatic heterocycles. The second-order valence-electron chi connectivity index (χ2n) is 3.59. The van der Waals surface area contributed by atoms with Crippen LogP contribution in [0.3, 0.4) is 0 Å². The molecule has 2 N–H and O–H groups in total. The first-order chi connectivity index (χ1) is 8.29. The number of thioether (sulfide) groups is 1. The minimum absolute atomic E-state index is 0.0353. The zero-order chi connectivity index (χ0) is 13.8. The molecule has 0 amide bonds. The van der Waals surface area contributed by atoms with Crippen molar-refractivity contribution in [3.8, 4) is 0 Å². The molecule has 18 heavy (non-hydrogen) atoms. The van der Waals surface area contributed by atoms with E-state index in [9.17, 15) is 23.1 Å². The average Bonchev–Trinajstić information content (AvgIpc) is 2.25. The zero-order valence-corrected chi connectivity index (χ0v) is 9.96. The number of aliphatic hydroxyl groups is 1. The first-order valence-electron chi connectivity index (χ1n) is 4.99. The molecule has 7 heteroatoms. The summed E-state index contributed by atoms with van der Waals surface area (Å²) in [5.74, 6) is -1.11. The summed E-state index contributed by atoms with van der Waals surface area (Å²) in [5.41, 5.74) is -0.764. The maximum Gasteiger partial charge on any atom is 0.416 e. The van der Waals surface area contributed by atoms with E-state index in [1.54, 1.807) is 0 Å². The van der Waals surface area contributed by atoms with E-state index >= 15 is 0 Å². The second kappa shape index (κ2) is 6.10. The summed E-state index contributed by atoms with van der Waals surface area (Å²) < 4.78 is 37.2. The van der Waals surface area contributed by atoms with Gasteiger partial charge in [0, 0.05) is 10.6 Å². The smallest absolute Gasteiger partial charge is 0.416 e. The maximum absolute atomic E-state index is 12.4. The van der Waals surface area contributed by atoms with Crippen molar-refractivity contribution in [2.24, 2.45) is 0 Å². The zero-order valence-electron chi connectivity index (χ0n) is 9.15. The summed E-state index contributed by atoms with van der Waals surface area (Å²) in [6.07, 6.45) is -5.91. The molecule has 0 saturated carbocycles. The SMILES string of the molecule is O=C(O)CC(O)CSc1cccc(C(F)(F)F)c1. The Labute approximate surface area is 106 Å². The third-order valence-corrected chi connectivity index (χ3v) is 3.15. The molecular weight excluding hydrogens is 269 g/mol. The third-order valence-electron chi connectivity index (χ3n) is 2.01. The van der Waals surface area contributed by atoms with E-state index in [2.05, 4.69) is 0 Å². The Bertz CT molecular complexity index is 420. The largest absolute Gasteiger partial charge is 0.481 e. The fraction of sp³-hybridized carbons (Fsp3) is 0.364. The van der Waals surface area contributed by atoms with Gasteiger partial charge >= 0.3 is 12.1 Å². The van der Waals surface area contributed by atoms with Gasteiger partial charge in [-0.15, -0.1) is 11.8 Å². The highest BCUT2D eigenvalue weighted by Crippen LogP contribution is 2.32. The molecule has 1 unspecified atom stereocenters. The molecule has 3 nitrogen and oxygen atoms in total. The number of halogens is 3. The van der Waals surface area contributed by atoms with Crippen LogP contribution in [0, 0.1) is 0 Å². The number of aliphatic carboxylic acids is 1. The lowest BCUT2D eigenvalue weighted by molar-refractivity contribution is -0.139. The van der Waals surface area contributed by atoms with Crippen LogP contribution in [0.4, 0.5) is 13.2 Å². The Morgan fingerprint density at radius 1 is 1.39 bits per heavy atom. The average molecular weight is 280 g/mol. The number of aliphatic hydroxyl groups excluding tert-OH is 1. The Morgan fingerprint density at radius 3 is 2.61 bits per heavy atom. The molecule has 0 aliphatic rings. The van der Waals surface area contributed by atoms with Crippen molar-refractivity contribution in [3.05, 3.63) is 29.8 Å². The lowest BCUT2D eigenvalue weighted by atomic mass is 10.2. The number of carboxylic acids is 1. The summed E-state index contributed by atoms with van der Waals surface area (Å²) in [6.45, 7) is 0. The Hall–Kier alpha value is -1.21. The lowest BCUT2D eigenvalue weighted by Gasteiger charge is -2.10. The number of hydrogen-bond donors (Lipinski definition) is 2. The third kappa shape index (κ3) is 4.97. The number of carbonyl (C=O) groups is 1. The number of alkyl halides is 3. The highest BCUT2D eigenvalue weighted by molar-refractivity contribution is 7.99. The standard InChI is InChI=1S/C11H11F3O3S/c12-11(13,14)7-2-1-3-9(4-7)18-6-8(15)5-10(16)17/h1-4,8,15H,5-6H2,(H,16,17). The molecule has 0 bridgehead atoms. The van der Waals surface area contributed by atoms with Gasteiger partial charge in [0.1, 0.15) is 0 Å². The predicted molar refractivity (Wildman–Crippen MR) is 60.4 cm³/mol. The van der Waals surface area contributed by atoms with E-state index in [4.69, 9.17) is 5.11 Å². The Morgan fingerprint density at radius 2 is 2.06 bits per heavy atom. The van der Waals surface area contributed by atoms with Crippen LogP contribution in [0.15, 0.2) is 29.2 Å². The molecule has 0 saturated heterocycles. The Kier molecular flexibility index (Phi) is 5.03. The van der Waals surface area contributed by atoms with Crippen LogP contribution in [0.2, 0.25) is 0 Å². The molecule has 0 aliphatic carbocycles. The van der Waals surface area contributed by atoms with E-state index in [-0.39, 0.29) is 5.75 Å². The quantitative estimate of drug-likeness (QED) is 0.814. The van der Waals surface area contributed by atoms with Crippen LogP contribution in [0.25, 0.3) is 0 Å². The molecule has 1 rings (SSSR count). The summed E-state index contributed by atoms with van der Waals surface area (Å²) in [6, 6.07) is 4.68. The predicted octanol–water partition coefficient (Wildman–Crippen LogP) is 2.63. The fourth-order valence-corrected chi connectivity index (χ4v) is 2.10. The minimum Gasteiger partial charge on any atom is -0.481 e. The minimum atomic E-state index is -4.41. The molecule has 1 aromatic carbocycles. The van der Waals surface area contributed by atoms with Gasteiger partial charge in [-0.1, -0.05) is 6.07 Å². The second-order valence-corrected chi connectivity index (χ2v) is 4.68. The van der Waals surface area contributed by atoms with Gasteiger partial charge in [-0.05, 0) is 18.2 Å². The van der Waals surface area contributed by atoms with Crippen molar-refractivity contribution in [1.29, 1.82) is 0 Å². The highest BCUT2D eigenvalue weighted by Gasteiger charge is 2.30. The van der Waals surface area contributed by atoms with E-state index in [0.29, 0.717) is 4.90 Å². The molecule has 0 aliphatic heterocycles. The number of benzene rings is 1. The molecule has 100 valence electrons. The first kappa shape index (κ1) is 14.8. The molecule has 0 heterocycles. The van der Waals surface area contributed by atoms with Crippen molar-refractivity contribution >= 4 is 17.7 Å². The van der Waals surface area contributed by atoms with E-state index in [1.165, 1.54) is 12.1 Å². The van der Waals surface area contributed by atoms with Crippen molar-refractivity contribution < 1.29 is 28.2 Å². The van der Waals surface area contributed by atoms with Gasteiger partial charge in [0.2, 0.25) is 0 Å². The first-order valence-corrected chi connectivity index (χ1v) is 5.97. The van der Waals surface area contributed by atoms with E-state index < -0.39 is 30.2 Å². The number of hydrogen-bond acceptors (Lipinski definition) is 3. The Balaban J connectivity index is 2.60. The highest BCUT2D eigenvalue weighted by atomic mass is 32.2. The normalized spacial score (nSPS) is 13.3. The van der Waals surface area contributed by atoms with E-state index in [1.807, 2.05) is 0 Å². The van der Waals surface area contributed by atoms with Crippen molar-refractivity contribution in [2.75, 3.05) is 5.75 Å². The van der Waals surface area contributed by atoms with Gasteiger partial charge in [-0.25, -0.2) is 0 Å². The van der Waals surface area contributed by atoms with Crippen LogP contribution in [-0.2, 0) is 11.0 Å². The monoisotopic (exact) mass is 280 g/mol. The fourth-order valence-electron chi connectivity index (χ4n) is 1.22. The maximum atomic E-state index is 12.4. The van der Waals surface area contributed by atoms with Crippen molar-refractivity contribution in [3.63, 3.8) is 0 Å². The molecule has 0 fully saturated rings. The summed E-state index contributed by atoms with van der Waals surface area (Å²) >= 11 is 0.987. The van der Waals surface area contributed by atoms with Gasteiger partial charge < -0.3 is 10.2 Å². The number of carboxylic acid groups (broad SMARTS) is 1. The van der Waals surface area contributed by atoms with Crippen LogP contribution in [0.5, 0.6) is 0 Å². The number of rotatable bonds is 5. The van der Waals surface area contributed by atoms with Crippen molar-refractivity contribution in [2.45, 2.75) is 23.6 Å². The topological polar surface area (TPSA) is 57.5 Å². The van der Waals surface area contributed by atoms with Gasteiger partial charge in [0.25, 0.3) is 0 Å². The molecule has 0 spiro atoms. The molecular formula is C11H11F3O3S.